The largest absolute Gasteiger partial charge is 0.351 e. The number of non-ortho nitro benzene ring substituents is 1. The second-order valence-corrected chi connectivity index (χ2v) is 7.91. The van der Waals surface area contributed by atoms with Crippen molar-refractivity contribution in [3.63, 3.8) is 0 Å². The fraction of sp³-hybridized carbons (Fsp3) is 0.0833. The van der Waals surface area contributed by atoms with Gasteiger partial charge in [0.25, 0.3) is 5.69 Å². The zero-order valence-corrected chi connectivity index (χ0v) is 18.0. The fourth-order valence-electron chi connectivity index (χ4n) is 4.19. The number of nitrogens with zero attached hydrogens (tertiary/aromatic N) is 4. The minimum absolute atomic E-state index is 0.0144. The molecule has 5 rings (SSSR count). The van der Waals surface area contributed by atoms with Crippen LogP contribution in [0.4, 0.5) is 15.8 Å². The molecular formula is C24H18FN5O2S. The lowest BCUT2D eigenvalue weighted by Crippen LogP contribution is -2.31. The van der Waals surface area contributed by atoms with Gasteiger partial charge < -0.3 is 14.8 Å². The lowest BCUT2D eigenvalue weighted by Gasteiger charge is -2.29. The zero-order valence-electron chi connectivity index (χ0n) is 17.2. The number of thiocarbonyl (C=S) groups is 1. The molecule has 0 saturated carbocycles. The van der Waals surface area contributed by atoms with Gasteiger partial charge in [0.1, 0.15) is 11.9 Å². The molecule has 9 heteroatoms. The number of anilines is 1. The number of pyridine rings is 1. The van der Waals surface area contributed by atoms with E-state index in [4.69, 9.17) is 12.2 Å². The Morgan fingerprint density at radius 2 is 1.85 bits per heavy atom. The number of hydrogen-bond acceptors (Lipinski definition) is 4. The molecule has 1 aliphatic heterocycles. The minimum atomic E-state index is -0.460. The van der Waals surface area contributed by atoms with Crippen LogP contribution in [0.2, 0.25) is 0 Å². The van der Waals surface area contributed by atoms with Crippen molar-refractivity contribution in [2.75, 3.05) is 4.90 Å². The number of aromatic nitrogens is 2. The molecule has 0 amide bonds. The monoisotopic (exact) mass is 459 g/mol. The van der Waals surface area contributed by atoms with E-state index in [-0.39, 0.29) is 11.7 Å². The van der Waals surface area contributed by atoms with E-state index in [1.165, 1.54) is 18.2 Å². The average molecular weight is 460 g/mol. The van der Waals surface area contributed by atoms with E-state index in [0.717, 1.165) is 11.4 Å². The summed E-state index contributed by atoms with van der Waals surface area (Å²) in [6.45, 7) is 0. The third-order valence-electron chi connectivity index (χ3n) is 5.61. The van der Waals surface area contributed by atoms with Crippen molar-refractivity contribution >= 4 is 28.7 Å². The second kappa shape index (κ2) is 8.44. The quantitative estimate of drug-likeness (QED) is 0.254. The number of nitro groups is 1. The molecule has 1 N–H and O–H groups in total. The Balaban J connectivity index is 1.68. The van der Waals surface area contributed by atoms with E-state index in [9.17, 15) is 14.5 Å². The predicted molar refractivity (Wildman–Crippen MR) is 127 cm³/mol. The molecule has 2 aromatic heterocycles. The van der Waals surface area contributed by atoms with Crippen LogP contribution < -0.4 is 10.2 Å². The van der Waals surface area contributed by atoms with E-state index in [1.807, 2.05) is 41.1 Å². The minimum Gasteiger partial charge on any atom is -0.351 e. The van der Waals surface area contributed by atoms with Crippen LogP contribution in [0.1, 0.15) is 23.5 Å². The van der Waals surface area contributed by atoms with Crippen LogP contribution in [0.5, 0.6) is 0 Å². The first kappa shape index (κ1) is 20.8. The Morgan fingerprint density at radius 1 is 1.03 bits per heavy atom. The summed E-state index contributed by atoms with van der Waals surface area (Å²) >= 11 is 5.65. The summed E-state index contributed by atoms with van der Waals surface area (Å²) in [5.41, 5.74) is 2.47. The molecular weight excluding hydrogens is 441 g/mol. The van der Waals surface area contributed by atoms with E-state index in [1.54, 1.807) is 41.4 Å². The summed E-state index contributed by atoms with van der Waals surface area (Å²) < 4.78 is 16.8. The number of nitrogens with one attached hydrogen (secondary N) is 1. The fourth-order valence-corrected chi connectivity index (χ4v) is 4.53. The first-order chi connectivity index (χ1) is 16.0. The van der Waals surface area contributed by atoms with Gasteiger partial charge in [0, 0.05) is 30.2 Å². The highest BCUT2D eigenvalue weighted by Gasteiger charge is 2.43. The zero-order chi connectivity index (χ0) is 22.9. The van der Waals surface area contributed by atoms with Crippen LogP contribution in [0, 0.1) is 15.9 Å². The summed E-state index contributed by atoms with van der Waals surface area (Å²) in [6, 6.07) is 21.4. The van der Waals surface area contributed by atoms with Crippen molar-refractivity contribution < 1.29 is 9.31 Å². The molecule has 1 aliphatic rings. The van der Waals surface area contributed by atoms with Crippen molar-refractivity contribution in [3.8, 4) is 5.69 Å². The number of nitro benzene ring substituents is 1. The first-order valence-electron chi connectivity index (χ1n) is 10.2. The molecule has 1 saturated heterocycles. The molecule has 2 aromatic carbocycles. The van der Waals surface area contributed by atoms with Crippen LogP contribution in [0.3, 0.4) is 0 Å². The first-order valence-corrected chi connectivity index (χ1v) is 10.6. The van der Waals surface area contributed by atoms with Gasteiger partial charge in [-0.15, -0.1) is 0 Å². The van der Waals surface area contributed by atoms with Gasteiger partial charge in [-0.25, -0.2) is 4.39 Å². The number of benzene rings is 2. The molecule has 0 aliphatic carbocycles. The number of hydrogen-bond donors (Lipinski definition) is 1. The van der Waals surface area contributed by atoms with Crippen LogP contribution in [-0.4, -0.2) is 19.6 Å². The second-order valence-electron chi connectivity index (χ2n) is 7.53. The maximum absolute atomic E-state index is 14.9. The molecule has 0 radical (unpaired) electrons. The van der Waals surface area contributed by atoms with Gasteiger partial charge in [0.05, 0.1) is 28.0 Å². The Hall–Kier alpha value is -4.11. The number of halogens is 1. The maximum Gasteiger partial charge on any atom is 0.271 e. The summed E-state index contributed by atoms with van der Waals surface area (Å²) in [4.78, 5) is 17.1. The maximum atomic E-state index is 14.9. The third-order valence-corrected chi connectivity index (χ3v) is 5.93. The number of rotatable bonds is 5. The Labute approximate surface area is 194 Å². The molecule has 164 valence electrons. The van der Waals surface area contributed by atoms with E-state index in [0.29, 0.717) is 16.5 Å². The normalized spacial score (nSPS) is 17.7. The summed E-state index contributed by atoms with van der Waals surface area (Å²) in [7, 11) is 0. The third kappa shape index (κ3) is 3.72. The highest BCUT2D eigenvalue weighted by molar-refractivity contribution is 7.80. The molecule has 33 heavy (non-hydrogen) atoms. The van der Waals surface area contributed by atoms with E-state index >= 15 is 0 Å². The van der Waals surface area contributed by atoms with Gasteiger partial charge in [0.15, 0.2) is 5.11 Å². The van der Waals surface area contributed by atoms with Crippen LogP contribution in [-0.2, 0) is 0 Å². The average Bonchev–Trinajstić information content (AvgIpc) is 3.44. The van der Waals surface area contributed by atoms with Crippen LogP contribution >= 0.6 is 12.2 Å². The van der Waals surface area contributed by atoms with E-state index in [2.05, 4.69) is 10.3 Å². The van der Waals surface area contributed by atoms with Crippen LogP contribution in [0.25, 0.3) is 5.69 Å². The lowest BCUT2D eigenvalue weighted by molar-refractivity contribution is -0.384. The topological polar surface area (TPSA) is 76.2 Å². The van der Waals surface area contributed by atoms with Gasteiger partial charge in [0.2, 0.25) is 0 Å². The Bertz CT molecular complexity index is 1340. The SMILES string of the molecule is O=[N+]([O-])c1cccc(-n2cccc2C2C(c3ccccn3)NC(=S)N2c2ccccc2F)c1. The van der Waals surface area contributed by atoms with Gasteiger partial charge in [-0.3, -0.25) is 15.1 Å². The Kier molecular flexibility index (Phi) is 5.31. The van der Waals surface area contributed by atoms with Crippen molar-refractivity contribution in [3.05, 3.63) is 119 Å². The molecule has 4 aromatic rings. The standard InChI is InChI=1S/C24H18FN5O2S/c25-18-9-1-2-11-20(18)29-23(22(27-24(29)33)19-10-3-4-13-26-19)21-12-6-14-28(21)16-7-5-8-17(15-16)30(31)32/h1-15,22-23H,(H,27,33). The highest BCUT2D eigenvalue weighted by Crippen LogP contribution is 2.43. The Morgan fingerprint density at radius 3 is 2.61 bits per heavy atom. The smallest absolute Gasteiger partial charge is 0.271 e. The van der Waals surface area contributed by atoms with Crippen molar-refractivity contribution in [1.29, 1.82) is 0 Å². The highest BCUT2D eigenvalue weighted by atomic mass is 32.1. The molecule has 2 atom stereocenters. The van der Waals surface area contributed by atoms with Gasteiger partial charge in [-0.05, 0) is 54.7 Å². The molecule has 0 spiro atoms. The molecule has 0 bridgehead atoms. The van der Waals surface area contributed by atoms with E-state index < -0.39 is 16.8 Å². The molecule has 7 nitrogen and oxygen atoms in total. The van der Waals surface area contributed by atoms with Crippen LogP contribution in [0.15, 0.2) is 91.3 Å². The lowest BCUT2D eigenvalue weighted by atomic mass is 10.0. The predicted octanol–water partition coefficient (Wildman–Crippen LogP) is 5.10. The van der Waals surface area contributed by atoms with Gasteiger partial charge >= 0.3 is 0 Å². The van der Waals surface area contributed by atoms with Gasteiger partial charge in [-0.2, -0.15) is 0 Å². The van der Waals surface area contributed by atoms with Crippen molar-refractivity contribution in [2.45, 2.75) is 12.1 Å². The summed E-state index contributed by atoms with van der Waals surface area (Å²) in [5.74, 6) is -0.401. The van der Waals surface area contributed by atoms with Crippen molar-refractivity contribution in [2.24, 2.45) is 0 Å². The molecule has 3 heterocycles. The molecule has 2 unspecified atom stereocenters. The summed E-state index contributed by atoms with van der Waals surface area (Å²) in [6.07, 6.45) is 3.52. The summed E-state index contributed by atoms with van der Waals surface area (Å²) in [5, 5.41) is 15.0. The van der Waals surface area contributed by atoms with Crippen molar-refractivity contribution in [1.82, 2.24) is 14.9 Å². The number of para-hydroxylation sites is 1. The molecule has 1 fully saturated rings. The van der Waals surface area contributed by atoms with Gasteiger partial charge in [-0.1, -0.05) is 24.3 Å².